The lowest BCUT2D eigenvalue weighted by atomic mass is 10.2. The summed E-state index contributed by atoms with van der Waals surface area (Å²) in [5.74, 6) is 1.49. The van der Waals surface area contributed by atoms with Crippen LogP contribution in [0.5, 0.6) is 0 Å². The number of rotatable bonds is 4. The van der Waals surface area contributed by atoms with Gasteiger partial charge in [0.05, 0.1) is 18.5 Å². The quantitative estimate of drug-likeness (QED) is 0.775. The summed E-state index contributed by atoms with van der Waals surface area (Å²) >= 11 is 1.47. The van der Waals surface area contributed by atoms with E-state index in [-0.39, 0.29) is 12.5 Å². The minimum Gasteiger partial charge on any atom is -0.390 e. The van der Waals surface area contributed by atoms with Gasteiger partial charge in [-0.1, -0.05) is 36.4 Å². The van der Waals surface area contributed by atoms with Gasteiger partial charge in [0.15, 0.2) is 5.82 Å². The molecular weight excluding hydrogens is 328 g/mol. The van der Waals surface area contributed by atoms with Crippen LogP contribution < -0.4 is 4.90 Å². The van der Waals surface area contributed by atoms with E-state index in [0.717, 1.165) is 15.7 Å². The standard InChI is InChI=1S/C15H16N6O2S/c1-9(2)12-17-13(23-19-12)10-3-5-20(6-4-10)15-18-21-7-11(8-22)16-14(21)24-15/h3-5,7,9,22H,6,8H2,1-2H3. The van der Waals surface area contributed by atoms with Crippen molar-refractivity contribution < 1.29 is 9.63 Å². The van der Waals surface area contributed by atoms with Crippen molar-refractivity contribution >= 4 is 27.0 Å². The van der Waals surface area contributed by atoms with Gasteiger partial charge < -0.3 is 14.5 Å². The average Bonchev–Trinajstić information content (AvgIpc) is 3.29. The maximum absolute atomic E-state index is 9.10. The Morgan fingerprint density at radius 1 is 1.38 bits per heavy atom. The number of nitrogens with zero attached hydrogens (tertiary/aromatic N) is 6. The first kappa shape index (κ1) is 15.0. The molecule has 4 rings (SSSR count). The fourth-order valence-electron chi connectivity index (χ4n) is 2.31. The van der Waals surface area contributed by atoms with Crippen LogP contribution in [-0.4, -0.2) is 36.4 Å². The van der Waals surface area contributed by atoms with E-state index in [1.807, 2.05) is 37.1 Å². The summed E-state index contributed by atoms with van der Waals surface area (Å²) in [6.07, 6.45) is 7.64. The highest BCUT2D eigenvalue weighted by atomic mass is 32.1. The Bertz CT molecular complexity index is 903. The topological polar surface area (TPSA) is 92.6 Å². The van der Waals surface area contributed by atoms with Crippen LogP contribution in [0.4, 0.5) is 5.13 Å². The summed E-state index contributed by atoms with van der Waals surface area (Å²) in [5.41, 5.74) is 1.53. The molecule has 9 heteroatoms. The van der Waals surface area contributed by atoms with Crippen LogP contribution in [0, 0.1) is 0 Å². The SMILES string of the molecule is CC(C)c1noc(C2=CCN(c3nn4cc(CO)nc4s3)C=C2)n1. The van der Waals surface area contributed by atoms with E-state index in [2.05, 4.69) is 20.2 Å². The third-order valence-corrected chi connectivity index (χ3v) is 4.60. The number of allylic oxidation sites excluding steroid dienone is 2. The van der Waals surface area contributed by atoms with Crippen LogP contribution in [0.25, 0.3) is 10.5 Å². The molecule has 0 saturated heterocycles. The first-order valence-electron chi connectivity index (χ1n) is 7.59. The predicted octanol–water partition coefficient (Wildman–Crippen LogP) is 2.21. The Hall–Kier alpha value is -2.52. The number of anilines is 1. The minimum atomic E-state index is -0.0797. The van der Waals surface area contributed by atoms with E-state index in [0.29, 0.717) is 24.0 Å². The highest BCUT2D eigenvalue weighted by molar-refractivity contribution is 7.20. The highest BCUT2D eigenvalue weighted by Crippen LogP contribution is 2.27. The number of aliphatic hydroxyl groups excluding tert-OH is 1. The molecule has 0 aliphatic carbocycles. The maximum Gasteiger partial charge on any atom is 0.257 e. The van der Waals surface area contributed by atoms with Gasteiger partial charge in [-0.15, -0.1) is 5.10 Å². The zero-order chi connectivity index (χ0) is 16.7. The third-order valence-electron chi connectivity index (χ3n) is 3.64. The number of hydrogen-bond acceptors (Lipinski definition) is 8. The summed E-state index contributed by atoms with van der Waals surface area (Å²) in [5, 5.41) is 18.4. The number of hydrogen-bond donors (Lipinski definition) is 1. The second kappa shape index (κ2) is 5.84. The van der Waals surface area contributed by atoms with Crippen molar-refractivity contribution in [3.05, 3.63) is 42.0 Å². The molecule has 0 radical (unpaired) electrons. The Labute approximate surface area is 141 Å². The number of aromatic nitrogens is 5. The lowest BCUT2D eigenvalue weighted by Crippen LogP contribution is -2.18. The Morgan fingerprint density at radius 2 is 2.25 bits per heavy atom. The van der Waals surface area contributed by atoms with E-state index in [4.69, 9.17) is 9.63 Å². The number of fused-ring (bicyclic) bond motifs is 1. The molecule has 124 valence electrons. The summed E-state index contributed by atoms with van der Waals surface area (Å²) in [4.78, 5) is 11.5. The molecule has 0 fully saturated rings. The van der Waals surface area contributed by atoms with Crippen LogP contribution in [0.1, 0.15) is 37.2 Å². The van der Waals surface area contributed by atoms with Crippen LogP contribution in [-0.2, 0) is 6.61 Å². The van der Waals surface area contributed by atoms with Gasteiger partial charge in [0.1, 0.15) is 0 Å². The molecule has 0 amide bonds. The zero-order valence-corrected chi connectivity index (χ0v) is 14.1. The molecule has 0 unspecified atom stereocenters. The monoisotopic (exact) mass is 344 g/mol. The molecule has 0 atom stereocenters. The lowest BCUT2D eigenvalue weighted by Gasteiger charge is -2.17. The molecule has 4 heterocycles. The normalized spacial score (nSPS) is 14.8. The van der Waals surface area contributed by atoms with Crippen LogP contribution in [0.15, 0.2) is 29.1 Å². The van der Waals surface area contributed by atoms with Crippen molar-refractivity contribution in [2.24, 2.45) is 0 Å². The lowest BCUT2D eigenvalue weighted by molar-refractivity contribution is 0.277. The van der Waals surface area contributed by atoms with E-state index >= 15 is 0 Å². The average molecular weight is 344 g/mol. The fourth-order valence-corrected chi connectivity index (χ4v) is 3.20. The fraction of sp³-hybridized carbons (Fsp3) is 0.333. The van der Waals surface area contributed by atoms with Crippen molar-refractivity contribution in [2.75, 3.05) is 11.4 Å². The van der Waals surface area contributed by atoms with Crippen molar-refractivity contribution in [3.8, 4) is 0 Å². The van der Waals surface area contributed by atoms with Gasteiger partial charge in [-0.05, 0) is 6.08 Å². The van der Waals surface area contributed by atoms with Gasteiger partial charge in [-0.3, -0.25) is 0 Å². The molecule has 8 nitrogen and oxygen atoms in total. The smallest absolute Gasteiger partial charge is 0.257 e. The molecule has 0 aromatic carbocycles. The van der Waals surface area contributed by atoms with Crippen LogP contribution >= 0.6 is 11.3 Å². The van der Waals surface area contributed by atoms with Crippen molar-refractivity contribution in [3.63, 3.8) is 0 Å². The summed E-state index contributed by atoms with van der Waals surface area (Å²) in [6, 6.07) is 0. The number of aliphatic hydroxyl groups is 1. The van der Waals surface area contributed by atoms with E-state index in [1.54, 1.807) is 10.7 Å². The molecule has 0 bridgehead atoms. The van der Waals surface area contributed by atoms with E-state index < -0.39 is 0 Å². The molecule has 24 heavy (non-hydrogen) atoms. The highest BCUT2D eigenvalue weighted by Gasteiger charge is 2.17. The van der Waals surface area contributed by atoms with Crippen LogP contribution in [0.3, 0.4) is 0 Å². The van der Waals surface area contributed by atoms with Gasteiger partial charge in [-0.25, -0.2) is 9.50 Å². The van der Waals surface area contributed by atoms with Crippen molar-refractivity contribution in [1.82, 2.24) is 24.7 Å². The molecule has 3 aromatic heterocycles. The first-order valence-corrected chi connectivity index (χ1v) is 8.40. The van der Waals surface area contributed by atoms with Crippen molar-refractivity contribution in [1.29, 1.82) is 0 Å². The van der Waals surface area contributed by atoms with Gasteiger partial charge in [0.25, 0.3) is 5.89 Å². The molecule has 1 aliphatic rings. The van der Waals surface area contributed by atoms with Gasteiger partial charge in [-0.2, -0.15) is 4.98 Å². The summed E-state index contributed by atoms with van der Waals surface area (Å²) in [6.45, 7) is 4.64. The van der Waals surface area contributed by atoms with Crippen LogP contribution in [0.2, 0.25) is 0 Å². The molecule has 1 aliphatic heterocycles. The van der Waals surface area contributed by atoms with E-state index in [9.17, 15) is 0 Å². The van der Waals surface area contributed by atoms with Gasteiger partial charge in [0, 0.05) is 24.2 Å². The minimum absolute atomic E-state index is 0.0797. The molecule has 1 N–H and O–H groups in total. The summed E-state index contributed by atoms with van der Waals surface area (Å²) in [7, 11) is 0. The maximum atomic E-state index is 9.10. The van der Waals surface area contributed by atoms with E-state index in [1.165, 1.54) is 11.3 Å². The second-order valence-corrected chi connectivity index (χ2v) is 6.68. The molecule has 3 aromatic rings. The third kappa shape index (κ3) is 2.61. The Balaban J connectivity index is 1.52. The second-order valence-electron chi connectivity index (χ2n) is 5.74. The number of imidazole rings is 1. The molecule has 0 spiro atoms. The van der Waals surface area contributed by atoms with Gasteiger partial charge >= 0.3 is 0 Å². The Kier molecular flexibility index (Phi) is 3.66. The Morgan fingerprint density at radius 3 is 2.88 bits per heavy atom. The predicted molar refractivity (Wildman–Crippen MR) is 89.6 cm³/mol. The van der Waals surface area contributed by atoms with Crippen molar-refractivity contribution in [2.45, 2.75) is 26.4 Å². The van der Waals surface area contributed by atoms with Gasteiger partial charge in [0.2, 0.25) is 10.1 Å². The zero-order valence-electron chi connectivity index (χ0n) is 13.2. The first-order chi connectivity index (χ1) is 11.6. The largest absolute Gasteiger partial charge is 0.390 e. The summed E-state index contributed by atoms with van der Waals surface area (Å²) < 4.78 is 7.00. The molecular formula is C15H16N6O2S. The molecule has 0 saturated carbocycles.